The molecule has 5 N–H and O–H groups in total. The molecule has 2 atom stereocenters. The minimum Gasteiger partial charge on any atom is -0.366 e. The fourth-order valence-electron chi connectivity index (χ4n) is 2.88. The normalized spacial score (nSPS) is 21.4. The number of primary amides is 1. The minimum absolute atomic E-state index is 0. The van der Waals surface area contributed by atoms with Crippen molar-refractivity contribution in [2.45, 2.75) is 39.3 Å². The number of amides is 2. The fraction of sp³-hybridized carbons (Fsp3) is 0.529. The Kier molecular flexibility index (Phi) is 6.77. The Bertz CT molecular complexity index is 589. The number of nitrogens with one attached hydrogen (secondary N) is 1. The third kappa shape index (κ3) is 4.69. The summed E-state index contributed by atoms with van der Waals surface area (Å²) in [5.74, 6) is -0.550. The monoisotopic (exact) mass is 354 g/mol. The summed E-state index contributed by atoms with van der Waals surface area (Å²) in [4.78, 5) is 25.7. The van der Waals surface area contributed by atoms with E-state index in [0.29, 0.717) is 11.3 Å². The SMILES string of the molecule is CC(C(=O)Nc1ccc(C(N)=O)cc1)N1CCC(N)C(C)(C)C1.Cl. The maximum atomic E-state index is 12.4. The molecule has 2 rings (SSSR count). The molecule has 1 aromatic rings. The van der Waals surface area contributed by atoms with Crippen LogP contribution in [-0.4, -0.2) is 41.9 Å². The van der Waals surface area contributed by atoms with Crippen molar-refractivity contribution in [1.29, 1.82) is 0 Å². The summed E-state index contributed by atoms with van der Waals surface area (Å²) in [6.45, 7) is 7.79. The number of likely N-dealkylation sites (tertiary alicyclic amines) is 1. The van der Waals surface area contributed by atoms with E-state index in [9.17, 15) is 9.59 Å². The molecular formula is C17H27ClN4O2. The zero-order valence-electron chi connectivity index (χ0n) is 14.4. The highest BCUT2D eigenvalue weighted by molar-refractivity contribution is 5.96. The lowest BCUT2D eigenvalue weighted by Gasteiger charge is -2.44. The first-order chi connectivity index (χ1) is 10.7. The first kappa shape index (κ1) is 20.4. The molecule has 6 nitrogen and oxygen atoms in total. The summed E-state index contributed by atoms with van der Waals surface area (Å²) in [6.07, 6.45) is 0.887. The smallest absolute Gasteiger partial charge is 0.248 e. The summed E-state index contributed by atoms with van der Waals surface area (Å²) in [6, 6.07) is 6.49. The molecule has 1 aliphatic rings. The molecule has 1 aromatic carbocycles. The van der Waals surface area contributed by atoms with E-state index >= 15 is 0 Å². The molecule has 2 amide bonds. The van der Waals surface area contributed by atoms with Crippen LogP contribution in [0, 0.1) is 5.41 Å². The Balaban J connectivity index is 0.00000288. The molecular weight excluding hydrogens is 328 g/mol. The summed E-state index contributed by atoms with van der Waals surface area (Å²) in [7, 11) is 0. The Labute approximate surface area is 149 Å². The number of nitrogens with zero attached hydrogens (tertiary/aromatic N) is 1. The molecule has 0 aromatic heterocycles. The lowest BCUT2D eigenvalue weighted by atomic mass is 9.79. The number of piperidine rings is 1. The number of rotatable bonds is 4. The topological polar surface area (TPSA) is 101 Å². The average molecular weight is 355 g/mol. The van der Waals surface area contributed by atoms with Gasteiger partial charge in [0.25, 0.3) is 0 Å². The number of carbonyl (C=O) groups excluding carboxylic acids is 2. The molecule has 24 heavy (non-hydrogen) atoms. The van der Waals surface area contributed by atoms with Gasteiger partial charge in [-0.25, -0.2) is 0 Å². The fourth-order valence-corrected chi connectivity index (χ4v) is 2.88. The van der Waals surface area contributed by atoms with Crippen LogP contribution < -0.4 is 16.8 Å². The van der Waals surface area contributed by atoms with E-state index in [1.165, 1.54) is 0 Å². The number of hydrogen-bond acceptors (Lipinski definition) is 4. The molecule has 1 aliphatic heterocycles. The van der Waals surface area contributed by atoms with E-state index in [0.717, 1.165) is 19.5 Å². The van der Waals surface area contributed by atoms with Gasteiger partial charge in [0.15, 0.2) is 0 Å². The number of carbonyl (C=O) groups is 2. The number of anilines is 1. The van der Waals surface area contributed by atoms with E-state index in [-0.39, 0.29) is 35.8 Å². The number of nitrogens with two attached hydrogens (primary N) is 2. The van der Waals surface area contributed by atoms with Crippen LogP contribution in [0.3, 0.4) is 0 Å². The molecule has 0 saturated carbocycles. The van der Waals surface area contributed by atoms with Crippen LogP contribution in [0.15, 0.2) is 24.3 Å². The average Bonchev–Trinajstić information content (AvgIpc) is 2.49. The van der Waals surface area contributed by atoms with E-state index in [4.69, 9.17) is 11.5 Å². The summed E-state index contributed by atoms with van der Waals surface area (Å²) in [5.41, 5.74) is 12.4. The Morgan fingerprint density at radius 3 is 2.38 bits per heavy atom. The summed E-state index contributed by atoms with van der Waals surface area (Å²) in [5, 5.41) is 2.88. The molecule has 0 spiro atoms. The van der Waals surface area contributed by atoms with Crippen LogP contribution in [0.4, 0.5) is 5.69 Å². The van der Waals surface area contributed by atoms with Gasteiger partial charge in [0.1, 0.15) is 0 Å². The number of halogens is 1. The van der Waals surface area contributed by atoms with Gasteiger partial charge < -0.3 is 16.8 Å². The van der Waals surface area contributed by atoms with Crippen LogP contribution in [0.2, 0.25) is 0 Å². The van der Waals surface area contributed by atoms with Crippen molar-refractivity contribution >= 4 is 29.9 Å². The third-order valence-electron chi connectivity index (χ3n) is 4.71. The largest absolute Gasteiger partial charge is 0.366 e. The van der Waals surface area contributed by atoms with Gasteiger partial charge in [-0.15, -0.1) is 12.4 Å². The lowest BCUT2D eigenvalue weighted by Crippen LogP contribution is -2.56. The predicted molar refractivity (Wildman–Crippen MR) is 98.2 cm³/mol. The van der Waals surface area contributed by atoms with E-state index < -0.39 is 5.91 Å². The Hall–Kier alpha value is -1.63. The van der Waals surface area contributed by atoms with Crippen molar-refractivity contribution in [3.05, 3.63) is 29.8 Å². The highest BCUT2D eigenvalue weighted by Crippen LogP contribution is 2.29. The first-order valence-electron chi connectivity index (χ1n) is 7.91. The number of benzene rings is 1. The van der Waals surface area contributed by atoms with Gasteiger partial charge in [0.05, 0.1) is 6.04 Å². The van der Waals surface area contributed by atoms with E-state index in [2.05, 4.69) is 24.1 Å². The lowest BCUT2D eigenvalue weighted by molar-refractivity contribution is -0.122. The molecule has 7 heteroatoms. The molecule has 0 radical (unpaired) electrons. The Morgan fingerprint density at radius 1 is 1.29 bits per heavy atom. The van der Waals surface area contributed by atoms with Crippen molar-refractivity contribution in [3.8, 4) is 0 Å². The van der Waals surface area contributed by atoms with Gasteiger partial charge in [-0.05, 0) is 43.0 Å². The van der Waals surface area contributed by atoms with E-state index in [1.54, 1.807) is 24.3 Å². The summed E-state index contributed by atoms with van der Waals surface area (Å²) >= 11 is 0. The highest BCUT2D eigenvalue weighted by Gasteiger charge is 2.36. The second-order valence-electron chi connectivity index (χ2n) is 6.96. The summed E-state index contributed by atoms with van der Waals surface area (Å²) < 4.78 is 0. The quantitative estimate of drug-likeness (QED) is 0.764. The zero-order chi connectivity index (χ0) is 17.2. The van der Waals surface area contributed by atoms with Crippen LogP contribution in [-0.2, 0) is 4.79 Å². The molecule has 0 aliphatic carbocycles. The van der Waals surface area contributed by atoms with Crippen LogP contribution in [0.25, 0.3) is 0 Å². The second kappa shape index (κ2) is 7.96. The molecule has 1 fully saturated rings. The van der Waals surface area contributed by atoms with Gasteiger partial charge in [0, 0.05) is 30.4 Å². The van der Waals surface area contributed by atoms with Crippen LogP contribution in [0.5, 0.6) is 0 Å². The zero-order valence-corrected chi connectivity index (χ0v) is 15.2. The van der Waals surface area contributed by atoms with E-state index in [1.807, 2.05) is 6.92 Å². The third-order valence-corrected chi connectivity index (χ3v) is 4.71. The maximum Gasteiger partial charge on any atom is 0.248 e. The van der Waals surface area contributed by atoms with Crippen molar-refractivity contribution < 1.29 is 9.59 Å². The molecule has 134 valence electrons. The van der Waals surface area contributed by atoms with Crippen molar-refractivity contribution in [2.75, 3.05) is 18.4 Å². The molecule has 2 unspecified atom stereocenters. The van der Waals surface area contributed by atoms with Crippen molar-refractivity contribution in [2.24, 2.45) is 16.9 Å². The highest BCUT2D eigenvalue weighted by atomic mass is 35.5. The second-order valence-corrected chi connectivity index (χ2v) is 6.96. The van der Waals surface area contributed by atoms with Gasteiger partial charge in [-0.2, -0.15) is 0 Å². The number of hydrogen-bond donors (Lipinski definition) is 3. The standard InChI is InChI=1S/C17H26N4O2.ClH/c1-11(21-9-8-14(18)17(2,3)10-21)16(23)20-13-6-4-12(5-7-13)15(19)22;/h4-7,11,14H,8-10,18H2,1-3H3,(H2,19,22)(H,20,23);1H. The molecule has 1 heterocycles. The van der Waals surface area contributed by atoms with Crippen molar-refractivity contribution in [3.63, 3.8) is 0 Å². The minimum atomic E-state index is -0.483. The van der Waals surface area contributed by atoms with Gasteiger partial charge in [-0.1, -0.05) is 13.8 Å². The van der Waals surface area contributed by atoms with Gasteiger partial charge in [0.2, 0.25) is 11.8 Å². The maximum absolute atomic E-state index is 12.4. The molecule has 0 bridgehead atoms. The molecule has 1 saturated heterocycles. The Morgan fingerprint density at radius 2 is 1.88 bits per heavy atom. The van der Waals surface area contributed by atoms with Crippen molar-refractivity contribution in [1.82, 2.24) is 4.90 Å². The predicted octanol–water partition coefficient (Wildman–Crippen LogP) is 1.59. The van der Waals surface area contributed by atoms with Gasteiger partial charge in [-0.3, -0.25) is 14.5 Å². The van der Waals surface area contributed by atoms with Gasteiger partial charge >= 0.3 is 0 Å². The van der Waals surface area contributed by atoms with Crippen LogP contribution in [0.1, 0.15) is 37.6 Å². The van der Waals surface area contributed by atoms with Crippen LogP contribution >= 0.6 is 12.4 Å². The first-order valence-corrected chi connectivity index (χ1v) is 7.91.